The van der Waals surface area contributed by atoms with E-state index in [1.165, 1.54) is 6.42 Å². The van der Waals surface area contributed by atoms with Crippen LogP contribution < -0.4 is 5.32 Å². The summed E-state index contributed by atoms with van der Waals surface area (Å²) in [6.07, 6.45) is 5.27. The van der Waals surface area contributed by atoms with Crippen LogP contribution in [0.25, 0.3) is 0 Å². The molecule has 5 heteroatoms. The van der Waals surface area contributed by atoms with E-state index in [1.807, 2.05) is 0 Å². The van der Waals surface area contributed by atoms with E-state index in [4.69, 9.17) is 4.74 Å². The first-order chi connectivity index (χ1) is 9.31. The van der Waals surface area contributed by atoms with Gasteiger partial charge >= 0.3 is 0 Å². The largest absolute Gasteiger partial charge is 0.395 e. The highest BCUT2D eigenvalue weighted by Gasteiger charge is 2.24. The Morgan fingerprint density at radius 3 is 3.00 bits per heavy atom. The Hall–Kier alpha value is -0.650. The Bertz CT molecular complexity index is 280. The standard InChI is InChI=1S/C14H26N2O3/c17-10-13-4-3-8-16(13)7-2-1-6-15-14(18)12-5-9-19-11-12/h12-13,17H,1-11H2,(H,15,18). The highest BCUT2D eigenvalue weighted by molar-refractivity contribution is 5.78. The van der Waals surface area contributed by atoms with Crippen molar-refractivity contribution in [2.75, 3.05) is 39.5 Å². The molecule has 2 atom stereocenters. The fourth-order valence-corrected chi connectivity index (χ4v) is 2.93. The lowest BCUT2D eigenvalue weighted by molar-refractivity contribution is -0.124. The molecular weight excluding hydrogens is 244 g/mol. The molecule has 19 heavy (non-hydrogen) atoms. The van der Waals surface area contributed by atoms with Gasteiger partial charge in [-0.25, -0.2) is 0 Å². The molecule has 0 aliphatic carbocycles. The second-order valence-corrected chi connectivity index (χ2v) is 5.57. The van der Waals surface area contributed by atoms with E-state index in [1.54, 1.807) is 0 Å². The number of rotatable bonds is 7. The molecule has 2 aliphatic heterocycles. The zero-order valence-corrected chi connectivity index (χ0v) is 11.6. The van der Waals surface area contributed by atoms with Gasteiger partial charge < -0.3 is 15.2 Å². The summed E-state index contributed by atoms with van der Waals surface area (Å²) in [7, 11) is 0. The third-order valence-corrected chi connectivity index (χ3v) is 4.18. The van der Waals surface area contributed by atoms with Crippen molar-refractivity contribution in [3.05, 3.63) is 0 Å². The smallest absolute Gasteiger partial charge is 0.225 e. The van der Waals surface area contributed by atoms with Gasteiger partial charge in [0.2, 0.25) is 5.91 Å². The molecule has 0 spiro atoms. The van der Waals surface area contributed by atoms with Crippen molar-refractivity contribution < 1.29 is 14.6 Å². The number of unbranched alkanes of at least 4 members (excludes halogenated alkanes) is 1. The summed E-state index contributed by atoms with van der Waals surface area (Å²) >= 11 is 0. The fraction of sp³-hybridized carbons (Fsp3) is 0.929. The van der Waals surface area contributed by atoms with Gasteiger partial charge in [0, 0.05) is 19.2 Å². The summed E-state index contributed by atoms with van der Waals surface area (Å²) in [5.41, 5.74) is 0. The Morgan fingerprint density at radius 2 is 2.26 bits per heavy atom. The number of carbonyl (C=O) groups is 1. The first-order valence-electron chi connectivity index (χ1n) is 7.51. The van der Waals surface area contributed by atoms with E-state index in [0.29, 0.717) is 12.6 Å². The maximum absolute atomic E-state index is 11.7. The van der Waals surface area contributed by atoms with Gasteiger partial charge in [0.25, 0.3) is 0 Å². The molecule has 2 aliphatic rings. The maximum atomic E-state index is 11.7. The van der Waals surface area contributed by atoms with E-state index in [9.17, 15) is 9.90 Å². The lowest BCUT2D eigenvalue weighted by atomic mass is 10.1. The van der Waals surface area contributed by atoms with E-state index in [0.717, 1.165) is 51.9 Å². The van der Waals surface area contributed by atoms with Crippen molar-refractivity contribution in [3.8, 4) is 0 Å². The summed E-state index contributed by atoms with van der Waals surface area (Å²) < 4.78 is 5.21. The van der Waals surface area contributed by atoms with Gasteiger partial charge in [0.1, 0.15) is 0 Å². The first kappa shape index (κ1) is 14.8. The molecule has 110 valence electrons. The zero-order chi connectivity index (χ0) is 13.5. The number of nitrogens with one attached hydrogen (secondary N) is 1. The minimum atomic E-state index is 0.0670. The summed E-state index contributed by atoms with van der Waals surface area (Å²) in [4.78, 5) is 14.1. The van der Waals surface area contributed by atoms with Crippen LogP contribution in [0.2, 0.25) is 0 Å². The van der Waals surface area contributed by atoms with Crippen molar-refractivity contribution >= 4 is 5.91 Å². The van der Waals surface area contributed by atoms with E-state index in [2.05, 4.69) is 10.2 Å². The zero-order valence-electron chi connectivity index (χ0n) is 11.6. The number of hydrogen-bond donors (Lipinski definition) is 2. The van der Waals surface area contributed by atoms with Gasteiger partial charge in [-0.3, -0.25) is 9.69 Å². The van der Waals surface area contributed by atoms with E-state index >= 15 is 0 Å². The fourth-order valence-electron chi connectivity index (χ4n) is 2.93. The number of nitrogens with zero attached hydrogens (tertiary/aromatic N) is 1. The average molecular weight is 270 g/mol. The highest BCUT2D eigenvalue weighted by atomic mass is 16.5. The molecule has 2 fully saturated rings. The number of carbonyl (C=O) groups excluding carboxylic acids is 1. The number of amides is 1. The molecule has 0 aromatic heterocycles. The summed E-state index contributed by atoms with van der Waals surface area (Å²) in [6, 6.07) is 0.366. The highest BCUT2D eigenvalue weighted by Crippen LogP contribution is 2.17. The summed E-state index contributed by atoms with van der Waals surface area (Å²) in [5.74, 6) is 0.212. The molecule has 2 N–H and O–H groups in total. The molecule has 2 rings (SSSR count). The van der Waals surface area contributed by atoms with Crippen molar-refractivity contribution in [3.63, 3.8) is 0 Å². The molecular formula is C14H26N2O3. The lowest BCUT2D eigenvalue weighted by Crippen LogP contribution is -2.34. The number of hydrogen-bond acceptors (Lipinski definition) is 4. The van der Waals surface area contributed by atoms with Crippen LogP contribution in [0.4, 0.5) is 0 Å². The Balaban J connectivity index is 1.51. The van der Waals surface area contributed by atoms with Crippen molar-refractivity contribution in [1.29, 1.82) is 0 Å². The SMILES string of the molecule is O=C(NCCCCN1CCCC1CO)C1CCOC1. The number of likely N-dealkylation sites (tertiary alicyclic amines) is 1. The van der Waals surface area contributed by atoms with E-state index < -0.39 is 0 Å². The minimum Gasteiger partial charge on any atom is -0.395 e. The van der Waals surface area contributed by atoms with Crippen LogP contribution in [-0.4, -0.2) is 61.4 Å². The predicted molar refractivity (Wildman–Crippen MR) is 72.9 cm³/mol. The quantitative estimate of drug-likeness (QED) is 0.656. The van der Waals surface area contributed by atoms with Crippen molar-refractivity contribution in [2.45, 2.75) is 38.1 Å². The van der Waals surface area contributed by atoms with Gasteiger partial charge in [-0.1, -0.05) is 0 Å². The third-order valence-electron chi connectivity index (χ3n) is 4.18. The van der Waals surface area contributed by atoms with Gasteiger partial charge in [-0.05, 0) is 45.2 Å². The Labute approximate surface area is 115 Å². The molecule has 0 aromatic rings. The van der Waals surface area contributed by atoms with Crippen LogP contribution in [0.3, 0.4) is 0 Å². The molecule has 0 saturated carbocycles. The number of ether oxygens (including phenoxy) is 1. The maximum Gasteiger partial charge on any atom is 0.225 e. The minimum absolute atomic E-state index is 0.0670. The third kappa shape index (κ3) is 4.44. The van der Waals surface area contributed by atoms with E-state index in [-0.39, 0.29) is 18.4 Å². The van der Waals surface area contributed by atoms with Crippen LogP contribution in [0, 0.1) is 5.92 Å². The lowest BCUT2D eigenvalue weighted by Gasteiger charge is -2.22. The second kappa shape index (κ2) is 7.82. The van der Waals surface area contributed by atoms with Gasteiger partial charge in [0.05, 0.1) is 19.1 Å². The number of aliphatic hydroxyl groups excluding tert-OH is 1. The molecule has 2 saturated heterocycles. The van der Waals surface area contributed by atoms with Crippen LogP contribution in [0.5, 0.6) is 0 Å². The normalized spacial score (nSPS) is 27.8. The second-order valence-electron chi connectivity index (χ2n) is 5.57. The average Bonchev–Trinajstić information content (AvgIpc) is 3.09. The predicted octanol–water partition coefficient (Wildman–Crippen LogP) is 0.376. The van der Waals surface area contributed by atoms with Gasteiger partial charge in [-0.2, -0.15) is 0 Å². The van der Waals surface area contributed by atoms with Crippen molar-refractivity contribution in [1.82, 2.24) is 10.2 Å². The summed E-state index contributed by atoms with van der Waals surface area (Å²) in [6.45, 7) is 4.48. The monoisotopic (exact) mass is 270 g/mol. The molecule has 2 unspecified atom stereocenters. The molecule has 0 radical (unpaired) electrons. The molecule has 1 amide bonds. The topological polar surface area (TPSA) is 61.8 Å². The summed E-state index contributed by atoms with van der Waals surface area (Å²) in [5, 5.41) is 12.2. The Kier molecular flexibility index (Phi) is 6.07. The first-order valence-corrected chi connectivity index (χ1v) is 7.51. The van der Waals surface area contributed by atoms with Crippen LogP contribution in [-0.2, 0) is 9.53 Å². The van der Waals surface area contributed by atoms with Crippen LogP contribution in [0.1, 0.15) is 32.1 Å². The van der Waals surface area contributed by atoms with Crippen molar-refractivity contribution in [2.24, 2.45) is 5.92 Å². The molecule has 0 bridgehead atoms. The Morgan fingerprint density at radius 1 is 1.37 bits per heavy atom. The van der Waals surface area contributed by atoms with Crippen LogP contribution in [0.15, 0.2) is 0 Å². The molecule has 2 heterocycles. The van der Waals surface area contributed by atoms with Gasteiger partial charge in [-0.15, -0.1) is 0 Å². The molecule has 5 nitrogen and oxygen atoms in total. The molecule has 0 aromatic carbocycles. The van der Waals surface area contributed by atoms with Gasteiger partial charge in [0.15, 0.2) is 0 Å². The van der Waals surface area contributed by atoms with Crippen LogP contribution >= 0.6 is 0 Å². The number of aliphatic hydroxyl groups is 1.